The molecule has 0 bridgehead atoms. The minimum atomic E-state index is -3.65. The van der Waals surface area contributed by atoms with Crippen molar-refractivity contribution >= 4 is 10.0 Å². The van der Waals surface area contributed by atoms with Gasteiger partial charge in [0.05, 0.1) is 6.07 Å². The van der Waals surface area contributed by atoms with Crippen molar-refractivity contribution in [3.05, 3.63) is 35.9 Å². The third kappa shape index (κ3) is 5.96. The highest BCUT2D eigenvalue weighted by Gasteiger charge is 2.32. The quantitative estimate of drug-likeness (QED) is 0.567. The molecule has 0 fully saturated rings. The predicted octanol–water partition coefficient (Wildman–Crippen LogP) is 4.26. The molecule has 0 saturated carbocycles. The largest absolute Gasteiger partial charge is 0.234 e. The molecular weight excluding hydrogens is 308 g/mol. The summed E-state index contributed by atoms with van der Waals surface area (Å²) in [5.74, 6) is 0. The molecule has 1 rings (SSSR count). The Hall–Kier alpha value is -1.38. The molecule has 4 nitrogen and oxygen atoms in total. The lowest BCUT2D eigenvalue weighted by molar-refractivity contribution is 0.386. The van der Waals surface area contributed by atoms with E-state index in [9.17, 15) is 13.7 Å². The summed E-state index contributed by atoms with van der Waals surface area (Å²) >= 11 is 0. The molecule has 0 saturated heterocycles. The van der Waals surface area contributed by atoms with Gasteiger partial charge < -0.3 is 0 Å². The van der Waals surface area contributed by atoms with Crippen molar-refractivity contribution in [1.82, 2.24) is 4.31 Å². The summed E-state index contributed by atoms with van der Waals surface area (Å²) in [5.41, 5.74) is 0.547. The molecule has 0 amide bonds. The highest BCUT2D eigenvalue weighted by Crippen LogP contribution is 2.25. The standard InChI is InChI=1S/C18H28N2O2S/c1-3-5-10-14-20(15-11-6-4-2)23(21,22)18(16-19)17-12-8-7-9-13-17/h7-9,12-13,18H,3-6,10-11,14-15H2,1-2H3. The maximum absolute atomic E-state index is 13.0. The van der Waals surface area contributed by atoms with E-state index in [1.54, 1.807) is 24.3 Å². The Balaban J connectivity index is 2.96. The normalized spacial score (nSPS) is 13.0. The van der Waals surface area contributed by atoms with Crippen LogP contribution < -0.4 is 0 Å². The SMILES string of the molecule is CCCCCN(CCCCC)S(=O)(=O)C(C#N)c1ccccc1. The second kappa shape index (κ2) is 10.4. The summed E-state index contributed by atoms with van der Waals surface area (Å²) in [5, 5.41) is 8.33. The molecule has 0 N–H and O–H groups in total. The molecule has 128 valence electrons. The highest BCUT2D eigenvalue weighted by molar-refractivity contribution is 7.89. The smallest absolute Gasteiger partial charge is 0.210 e. The fraction of sp³-hybridized carbons (Fsp3) is 0.611. The van der Waals surface area contributed by atoms with Gasteiger partial charge in [-0.25, -0.2) is 12.7 Å². The van der Waals surface area contributed by atoms with Crippen LogP contribution in [0.1, 0.15) is 63.2 Å². The van der Waals surface area contributed by atoms with Crippen molar-refractivity contribution in [3.63, 3.8) is 0 Å². The lowest BCUT2D eigenvalue weighted by Crippen LogP contribution is -2.36. The van der Waals surface area contributed by atoms with E-state index in [2.05, 4.69) is 13.8 Å². The number of hydrogen-bond acceptors (Lipinski definition) is 3. The van der Waals surface area contributed by atoms with Gasteiger partial charge in [-0.1, -0.05) is 69.9 Å². The number of nitriles is 1. The van der Waals surface area contributed by atoms with Crippen LogP contribution >= 0.6 is 0 Å². The maximum Gasteiger partial charge on any atom is 0.234 e. The van der Waals surface area contributed by atoms with Gasteiger partial charge in [0.1, 0.15) is 0 Å². The van der Waals surface area contributed by atoms with Gasteiger partial charge in [0.15, 0.2) is 5.25 Å². The van der Waals surface area contributed by atoms with Gasteiger partial charge in [0.25, 0.3) is 0 Å². The van der Waals surface area contributed by atoms with E-state index in [1.807, 2.05) is 12.1 Å². The average Bonchev–Trinajstić information content (AvgIpc) is 2.55. The van der Waals surface area contributed by atoms with Crippen molar-refractivity contribution in [1.29, 1.82) is 5.26 Å². The zero-order valence-corrected chi connectivity index (χ0v) is 15.1. The van der Waals surface area contributed by atoms with E-state index in [4.69, 9.17) is 0 Å². The number of hydrogen-bond donors (Lipinski definition) is 0. The Morgan fingerprint density at radius 1 is 1.00 bits per heavy atom. The van der Waals surface area contributed by atoms with Crippen molar-refractivity contribution < 1.29 is 8.42 Å². The summed E-state index contributed by atoms with van der Waals surface area (Å²) in [6.45, 7) is 5.20. The molecular formula is C18H28N2O2S. The maximum atomic E-state index is 13.0. The second-order valence-corrected chi connectivity index (χ2v) is 7.80. The molecule has 0 aromatic heterocycles. The van der Waals surface area contributed by atoms with Gasteiger partial charge in [-0.3, -0.25) is 0 Å². The number of benzene rings is 1. The van der Waals surface area contributed by atoms with Crippen LogP contribution in [0.4, 0.5) is 0 Å². The first kappa shape index (κ1) is 19.7. The van der Waals surface area contributed by atoms with Gasteiger partial charge in [0, 0.05) is 13.1 Å². The van der Waals surface area contributed by atoms with Crippen LogP contribution in [-0.2, 0) is 10.0 Å². The van der Waals surface area contributed by atoms with Crippen molar-refractivity contribution in [2.24, 2.45) is 0 Å². The Kier molecular flexibility index (Phi) is 8.90. The second-order valence-electron chi connectivity index (χ2n) is 5.78. The minimum absolute atomic E-state index is 0.505. The molecule has 1 aromatic rings. The topological polar surface area (TPSA) is 61.2 Å². The van der Waals surface area contributed by atoms with Gasteiger partial charge in [0.2, 0.25) is 10.0 Å². The molecule has 0 heterocycles. The minimum Gasteiger partial charge on any atom is -0.210 e. The average molecular weight is 337 g/mol. The van der Waals surface area contributed by atoms with Gasteiger partial charge >= 0.3 is 0 Å². The van der Waals surface area contributed by atoms with Crippen LogP contribution in [0.15, 0.2) is 30.3 Å². The Labute approximate surface area is 141 Å². The van der Waals surface area contributed by atoms with Crippen LogP contribution in [0.3, 0.4) is 0 Å². The molecule has 1 unspecified atom stereocenters. The van der Waals surface area contributed by atoms with Crippen LogP contribution in [0, 0.1) is 11.3 Å². The summed E-state index contributed by atoms with van der Waals surface area (Å²) in [6, 6.07) is 10.8. The van der Waals surface area contributed by atoms with Crippen LogP contribution in [0.5, 0.6) is 0 Å². The monoisotopic (exact) mass is 336 g/mol. The molecule has 5 heteroatoms. The summed E-state index contributed by atoms with van der Waals surface area (Å²) in [4.78, 5) is 0. The van der Waals surface area contributed by atoms with Gasteiger partial charge in [-0.15, -0.1) is 0 Å². The summed E-state index contributed by atoms with van der Waals surface area (Å²) in [7, 11) is -3.65. The molecule has 1 aromatic carbocycles. The molecule has 0 aliphatic heterocycles. The molecule has 0 radical (unpaired) electrons. The van der Waals surface area contributed by atoms with Gasteiger partial charge in [-0.2, -0.15) is 5.26 Å². The van der Waals surface area contributed by atoms with Gasteiger partial charge in [-0.05, 0) is 18.4 Å². The first-order chi connectivity index (χ1) is 11.1. The van der Waals surface area contributed by atoms with E-state index in [1.165, 1.54) is 4.31 Å². The Morgan fingerprint density at radius 2 is 1.52 bits per heavy atom. The van der Waals surface area contributed by atoms with Crippen molar-refractivity contribution in [2.45, 2.75) is 57.6 Å². The zero-order valence-electron chi connectivity index (χ0n) is 14.2. The lowest BCUT2D eigenvalue weighted by Gasteiger charge is -2.25. The first-order valence-electron chi connectivity index (χ1n) is 8.51. The van der Waals surface area contributed by atoms with E-state index in [-0.39, 0.29) is 0 Å². The molecule has 0 aliphatic rings. The zero-order chi connectivity index (χ0) is 17.1. The van der Waals surface area contributed by atoms with E-state index >= 15 is 0 Å². The van der Waals surface area contributed by atoms with Crippen molar-refractivity contribution in [3.8, 4) is 6.07 Å². The van der Waals surface area contributed by atoms with Crippen molar-refractivity contribution in [2.75, 3.05) is 13.1 Å². The van der Waals surface area contributed by atoms with Crippen LogP contribution in [0.2, 0.25) is 0 Å². The molecule has 0 spiro atoms. The Morgan fingerprint density at radius 3 is 1.96 bits per heavy atom. The molecule has 1 atom stereocenters. The highest BCUT2D eigenvalue weighted by atomic mass is 32.2. The summed E-state index contributed by atoms with van der Waals surface area (Å²) in [6.07, 6.45) is 5.78. The van der Waals surface area contributed by atoms with Crippen LogP contribution in [-0.4, -0.2) is 25.8 Å². The van der Waals surface area contributed by atoms with Crippen LogP contribution in [0.25, 0.3) is 0 Å². The predicted molar refractivity (Wildman–Crippen MR) is 94.3 cm³/mol. The Bertz CT molecular complexity index is 569. The first-order valence-corrected chi connectivity index (χ1v) is 10.0. The third-order valence-electron chi connectivity index (χ3n) is 3.90. The lowest BCUT2D eigenvalue weighted by atomic mass is 10.2. The fourth-order valence-corrected chi connectivity index (χ4v) is 4.23. The number of nitrogens with zero attached hydrogens (tertiary/aromatic N) is 2. The van der Waals surface area contributed by atoms with E-state index in [0.717, 1.165) is 38.5 Å². The third-order valence-corrected chi connectivity index (χ3v) is 5.96. The molecule has 0 aliphatic carbocycles. The fourth-order valence-electron chi connectivity index (χ4n) is 2.53. The number of sulfonamides is 1. The van der Waals surface area contributed by atoms with E-state index < -0.39 is 15.3 Å². The number of unbranched alkanes of at least 4 members (excludes halogenated alkanes) is 4. The molecule has 23 heavy (non-hydrogen) atoms. The number of rotatable bonds is 11. The summed E-state index contributed by atoms with van der Waals surface area (Å²) < 4.78 is 27.4. The van der Waals surface area contributed by atoms with E-state index in [0.29, 0.717) is 18.7 Å².